The molecule has 0 saturated heterocycles. The van der Waals surface area contributed by atoms with Gasteiger partial charge in [-0.05, 0) is 18.6 Å². The number of rotatable bonds is 7. The number of nitrogens with zero attached hydrogens (tertiary/aromatic N) is 1. The molecule has 1 aromatic heterocycles. The number of nitrogens with one attached hydrogen (secondary N) is 1. The van der Waals surface area contributed by atoms with Crippen molar-refractivity contribution in [3.05, 3.63) is 40.8 Å². The second-order valence-electron chi connectivity index (χ2n) is 3.71. The van der Waals surface area contributed by atoms with Gasteiger partial charge in [0.2, 0.25) is 0 Å². The molecule has 0 amide bonds. The van der Waals surface area contributed by atoms with E-state index in [0.29, 0.717) is 24.2 Å². The molecule has 1 heterocycles. The maximum Gasteiger partial charge on any atom is 0.309 e. The van der Waals surface area contributed by atoms with E-state index in [1.807, 2.05) is 6.07 Å². The van der Waals surface area contributed by atoms with Crippen LogP contribution in [0.2, 0.25) is 5.15 Å². The maximum atomic E-state index is 11.2. The van der Waals surface area contributed by atoms with Crippen LogP contribution in [0.1, 0.15) is 18.9 Å². The Morgan fingerprint density at radius 2 is 2.32 bits per heavy atom. The number of alkyl halides is 1. The number of allylic oxidation sites excluding steroid dienone is 1. The fraction of sp³-hybridized carbons (Fsp3) is 0.385. The first kappa shape index (κ1) is 15.8. The minimum Gasteiger partial charge on any atom is -0.466 e. The van der Waals surface area contributed by atoms with Crippen LogP contribution in [0.5, 0.6) is 0 Å². The molecule has 0 fully saturated rings. The molecular weight excluding hydrogens is 287 g/mol. The molecule has 1 aromatic rings. The van der Waals surface area contributed by atoms with Gasteiger partial charge in [0.05, 0.1) is 18.9 Å². The first-order chi connectivity index (χ1) is 9.15. The van der Waals surface area contributed by atoms with Crippen molar-refractivity contribution in [1.29, 1.82) is 0 Å². The summed E-state index contributed by atoms with van der Waals surface area (Å²) < 4.78 is 4.83. The van der Waals surface area contributed by atoms with Gasteiger partial charge in [0, 0.05) is 18.4 Å². The maximum absolute atomic E-state index is 11.2. The highest BCUT2D eigenvalue weighted by molar-refractivity contribution is 6.29. The van der Waals surface area contributed by atoms with Crippen LogP contribution in [0.25, 0.3) is 0 Å². The predicted octanol–water partition coefficient (Wildman–Crippen LogP) is 2.90. The minimum atomic E-state index is -0.264. The van der Waals surface area contributed by atoms with Crippen LogP contribution in [-0.2, 0) is 16.1 Å². The molecule has 104 valence electrons. The van der Waals surface area contributed by atoms with E-state index in [2.05, 4.69) is 10.3 Å². The number of hydrogen-bond acceptors (Lipinski definition) is 4. The summed E-state index contributed by atoms with van der Waals surface area (Å²) in [7, 11) is 0. The summed E-state index contributed by atoms with van der Waals surface area (Å²) in [4.78, 5) is 15.2. The number of carbonyl (C=O) groups is 1. The minimum absolute atomic E-state index is 0.210. The van der Waals surface area contributed by atoms with Gasteiger partial charge in [-0.15, -0.1) is 11.6 Å². The smallest absolute Gasteiger partial charge is 0.309 e. The number of carbonyl (C=O) groups excluding carboxylic acids is 1. The number of ether oxygens (including phenoxy) is 1. The summed E-state index contributed by atoms with van der Waals surface area (Å²) in [5, 5.41) is 3.60. The zero-order valence-corrected chi connectivity index (χ0v) is 12.2. The number of esters is 1. The molecule has 1 N–H and O–H groups in total. The summed E-state index contributed by atoms with van der Waals surface area (Å²) in [6, 6.07) is 3.60. The zero-order valence-electron chi connectivity index (χ0n) is 10.7. The Balaban J connectivity index is 2.45. The Bertz CT molecular complexity index is 433. The number of pyridine rings is 1. The summed E-state index contributed by atoms with van der Waals surface area (Å²) in [5.41, 5.74) is 1.77. The largest absolute Gasteiger partial charge is 0.466 e. The van der Waals surface area contributed by atoms with Gasteiger partial charge in [-0.1, -0.05) is 23.7 Å². The normalized spacial score (nSPS) is 11.2. The predicted molar refractivity (Wildman–Crippen MR) is 76.1 cm³/mol. The molecular formula is C13H16Cl2N2O2. The number of halogens is 2. The van der Waals surface area contributed by atoms with Gasteiger partial charge in [0.15, 0.2) is 0 Å². The lowest BCUT2D eigenvalue weighted by Gasteiger charge is -2.08. The third-order valence-corrected chi connectivity index (χ3v) is 2.78. The lowest BCUT2D eigenvalue weighted by atomic mass is 10.2. The molecule has 1 rings (SSSR count). The van der Waals surface area contributed by atoms with E-state index in [9.17, 15) is 4.79 Å². The van der Waals surface area contributed by atoms with E-state index >= 15 is 0 Å². The summed E-state index contributed by atoms with van der Waals surface area (Å²) >= 11 is 11.5. The Morgan fingerprint density at radius 1 is 1.53 bits per heavy atom. The van der Waals surface area contributed by atoms with Crippen LogP contribution in [0.3, 0.4) is 0 Å². The van der Waals surface area contributed by atoms with Crippen LogP contribution in [-0.4, -0.2) is 23.4 Å². The van der Waals surface area contributed by atoms with Gasteiger partial charge in [0.1, 0.15) is 5.15 Å². The quantitative estimate of drug-likeness (QED) is 0.478. The summed E-state index contributed by atoms with van der Waals surface area (Å²) in [6.45, 7) is 2.73. The zero-order chi connectivity index (χ0) is 14.1. The van der Waals surface area contributed by atoms with E-state index < -0.39 is 0 Å². The molecule has 0 aliphatic heterocycles. The third kappa shape index (κ3) is 6.45. The van der Waals surface area contributed by atoms with Crippen molar-refractivity contribution < 1.29 is 9.53 Å². The van der Waals surface area contributed by atoms with Crippen molar-refractivity contribution in [2.75, 3.05) is 12.5 Å². The molecule has 0 unspecified atom stereocenters. The highest BCUT2D eigenvalue weighted by Crippen LogP contribution is 2.06. The van der Waals surface area contributed by atoms with E-state index in [-0.39, 0.29) is 12.4 Å². The average Bonchev–Trinajstić information content (AvgIpc) is 2.41. The van der Waals surface area contributed by atoms with Gasteiger partial charge in [-0.3, -0.25) is 4.79 Å². The first-order valence-corrected chi connectivity index (χ1v) is 6.82. The van der Waals surface area contributed by atoms with E-state index in [1.54, 1.807) is 25.3 Å². The standard InChI is InChI=1S/C13H16Cl2N2O2/c1-2-19-13(18)6-4-11(7-14)16-8-10-3-5-12(15)17-9-10/h3-5,9,16H,2,6-8H2,1H3. The SMILES string of the molecule is CCOC(=O)CC=C(CCl)NCc1ccc(Cl)nc1. The summed E-state index contributed by atoms with van der Waals surface area (Å²) in [6.07, 6.45) is 3.63. The Labute approximate surface area is 122 Å². The molecule has 6 heteroatoms. The van der Waals surface area contributed by atoms with Crippen molar-refractivity contribution in [3.63, 3.8) is 0 Å². The Hall–Kier alpha value is -1.26. The topological polar surface area (TPSA) is 51.2 Å². The molecule has 0 aliphatic rings. The third-order valence-electron chi connectivity index (χ3n) is 2.27. The van der Waals surface area contributed by atoms with E-state index in [4.69, 9.17) is 27.9 Å². The molecule has 0 radical (unpaired) electrons. The van der Waals surface area contributed by atoms with Crippen molar-refractivity contribution in [2.45, 2.75) is 19.9 Å². The summed E-state index contributed by atoms with van der Waals surface area (Å²) in [5.74, 6) is 0.0422. The molecule has 0 aliphatic carbocycles. The van der Waals surface area contributed by atoms with Crippen LogP contribution in [0.15, 0.2) is 30.1 Å². The molecule has 0 aromatic carbocycles. The second-order valence-corrected chi connectivity index (χ2v) is 4.37. The molecule has 4 nitrogen and oxygen atoms in total. The Morgan fingerprint density at radius 3 is 2.89 bits per heavy atom. The van der Waals surface area contributed by atoms with Gasteiger partial charge in [0.25, 0.3) is 0 Å². The highest BCUT2D eigenvalue weighted by Gasteiger charge is 2.01. The number of aromatic nitrogens is 1. The molecule has 0 saturated carbocycles. The fourth-order valence-corrected chi connectivity index (χ4v) is 1.64. The van der Waals surface area contributed by atoms with Crippen molar-refractivity contribution >= 4 is 29.2 Å². The van der Waals surface area contributed by atoms with Crippen LogP contribution >= 0.6 is 23.2 Å². The van der Waals surface area contributed by atoms with Gasteiger partial charge < -0.3 is 10.1 Å². The van der Waals surface area contributed by atoms with Crippen LogP contribution < -0.4 is 5.32 Å². The van der Waals surface area contributed by atoms with Gasteiger partial charge in [-0.2, -0.15) is 0 Å². The molecule has 0 bridgehead atoms. The first-order valence-electron chi connectivity index (χ1n) is 5.90. The molecule has 0 atom stereocenters. The highest BCUT2D eigenvalue weighted by atomic mass is 35.5. The monoisotopic (exact) mass is 302 g/mol. The second kappa shape index (κ2) is 8.77. The van der Waals surface area contributed by atoms with Crippen molar-refractivity contribution in [1.82, 2.24) is 10.3 Å². The lowest BCUT2D eigenvalue weighted by molar-refractivity contribution is -0.142. The Kier molecular flexibility index (Phi) is 7.30. The number of hydrogen-bond donors (Lipinski definition) is 1. The molecule has 0 spiro atoms. The van der Waals surface area contributed by atoms with E-state index in [1.165, 1.54) is 0 Å². The van der Waals surface area contributed by atoms with Crippen molar-refractivity contribution in [3.8, 4) is 0 Å². The van der Waals surface area contributed by atoms with Crippen molar-refractivity contribution in [2.24, 2.45) is 0 Å². The fourth-order valence-electron chi connectivity index (χ4n) is 1.33. The van der Waals surface area contributed by atoms with Crippen LogP contribution in [0, 0.1) is 0 Å². The average molecular weight is 303 g/mol. The van der Waals surface area contributed by atoms with E-state index in [0.717, 1.165) is 11.3 Å². The molecule has 19 heavy (non-hydrogen) atoms. The van der Waals surface area contributed by atoms with Gasteiger partial charge in [-0.25, -0.2) is 4.98 Å². The van der Waals surface area contributed by atoms with Gasteiger partial charge >= 0.3 is 5.97 Å². The van der Waals surface area contributed by atoms with Crippen LogP contribution in [0.4, 0.5) is 0 Å². The lowest BCUT2D eigenvalue weighted by Crippen LogP contribution is -2.15.